The number of hydrogen-bond donors (Lipinski definition) is 0. The van der Waals surface area contributed by atoms with Crippen LogP contribution in [0.2, 0.25) is 0 Å². The van der Waals surface area contributed by atoms with Crippen LogP contribution in [0.5, 0.6) is 0 Å². The molecule has 1 unspecified atom stereocenters. The van der Waals surface area contributed by atoms with Crippen molar-refractivity contribution in [3.05, 3.63) is 60.2 Å². The van der Waals surface area contributed by atoms with Crippen LogP contribution in [0.1, 0.15) is 18.7 Å². The minimum absolute atomic E-state index is 0.279. The lowest BCUT2D eigenvalue weighted by atomic mass is 10.2. The van der Waals surface area contributed by atoms with Gasteiger partial charge in [0.2, 0.25) is 0 Å². The Balaban J connectivity index is 2.04. The van der Waals surface area contributed by atoms with Crippen molar-refractivity contribution in [2.24, 2.45) is 0 Å². The van der Waals surface area contributed by atoms with E-state index in [0.29, 0.717) is 6.61 Å². The molecule has 0 spiro atoms. The molecule has 4 heteroatoms. The van der Waals surface area contributed by atoms with Gasteiger partial charge in [0.1, 0.15) is 11.0 Å². The first-order chi connectivity index (χ1) is 9.38. The Kier molecular flexibility index (Phi) is 3.25. The molecule has 96 valence electrons. The van der Waals surface area contributed by atoms with Crippen LogP contribution < -0.4 is 0 Å². The van der Waals surface area contributed by atoms with Gasteiger partial charge in [-0.3, -0.25) is 0 Å². The van der Waals surface area contributed by atoms with Gasteiger partial charge in [0.25, 0.3) is 0 Å². The molecule has 0 saturated carbocycles. The smallest absolute Gasteiger partial charge is 0.194 e. The number of ether oxygens (including phenoxy) is 1. The first kappa shape index (κ1) is 11.9. The fourth-order valence-corrected chi connectivity index (χ4v) is 2.05. The second-order valence-corrected chi connectivity index (χ2v) is 4.23. The summed E-state index contributed by atoms with van der Waals surface area (Å²) in [6, 6.07) is 17.8. The first-order valence-corrected chi connectivity index (χ1v) is 6.36. The van der Waals surface area contributed by atoms with Gasteiger partial charge in [-0.05, 0) is 19.1 Å². The predicted molar refractivity (Wildman–Crippen MR) is 73.7 cm³/mol. The average Bonchev–Trinajstić information content (AvgIpc) is 2.89. The highest BCUT2D eigenvalue weighted by atomic mass is 16.5. The van der Waals surface area contributed by atoms with Gasteiger partial charge >= 0.3 is 0 Å². The van der Waals surface area contributed by atoms with Crippen molar-refractivity contribution in [2.45, 2.75) is 13.2 Å². The SMILES string of the molecule is CCOC(c1ccccc1)n1nc2ccccc2n1. The summed E-state index contributed by atoms with van der Waals surface area (Å²) in [4.78, 5) is 1.64. The van der Waals surface area contributed by atoms with Gasteiger partial charge in [-0.25, -0.2) is 0 Å². The number of rotatable bonds is 4. The van der Waals surface area contributed by atoms with E-state index in [1.165, 1.54) is 0 Å². The van der Waals surface area contributed by atoms with E-state index in [1.807, 2.05) is 61.5 Å². The molecule has 3 rings (SSSR count). The van der Waals surface area contributed by atoms with Crippen molar-refractivity contribution in [3.8, 4) is 0 Å². The van der Waals surface area contributed by atoms with E-state index in [1.54, 1.807) is 4.80 Å². The van der Waals surface area contributed by atoms with Crippen molar-refractivity contribution in [2.75, 3.05) is 6.61 Å². The zero-order chi connectivity index (χ0) is 13.1. The van der Waals surface area contributed by atoms with Crippen LogP contribution in [0.15, 0.2) is 54.6 Å². The number of nitrogens with zero attached hydrogens (tertiary/aromatic N) is 3. The maximum atomic E-state index is 5.78. The molecule has 3 aromatic rings. The standard InChI is InChI=1S/C15H15N3O/c1-2-19-15(12-8-4-3-5-9-12)18-16-13-10-6-7-11-14(13)17-18/h3-11,15H,2H2,1H3. The average molecular weight is 253 g/mol. The van der Waals surface area contributed by atoms with Crippen LogP contribution in [-0.4, -0.2) is 21.6 Å². The van der Waals surface area contributed by atoms with Crippen LogP contribution in [0.3, 0.4) is 0 Å². The summed E-state index contributed by atoms with van der Waals surface area (Å²) >= 11 is 0. The van der Waals surface area contributed by atoms with Gasteiger partial charge in [0, 0.05) is 12.2 Å². The molecule has 0 saturated heterocycles. The highest BCUT2D eigenvalue weighted by Crippen LogP contribution is 2.19. The second kappa shape index (κ2) is 5.20. The molecule has 0 aliphatic rings. The fraction of sp³-hybridized carbons (Fsp3) is 0.200. The van der Waals surface area contributed by atoms with Crippen LogP contribution >= 0.6 is 0 Å². The minimum atomic E-state index is -0.279. The van der Waals surface area contributed by atoms with Gasteiger partial charge in [0.05, 0.1) is 0 Å². The van der Waals surface area contributed by atoms with Gasteiger partial charge < -0.3 is 4.74 Å². The topological polar surface area (TPSA) is 39.9 Å². The summed E-state index contributed by atoms with van der Waals surface area (Å²) in [5, 5.41) is 8.98. The lowest BCUT2D eigenvalue weighted by molar-refractivity contribution is 0.0228. The van der Waals surface area contributed by atoms with Crippen molar-refractivity contribution >= 4 is 11.0 Å². The molecular weight excluding hydrogens is 238 g/mol. The van der Waals surface area contributed by atoms with Gasteiger partial charge in [-0.15, -0.1) is 4.80 Å². The molecule has 1 heterocycles. The third kappa shape index (κ3) is 2.35. The predicted octanol–water partition coefficient (Wildman–Crippen LogP) is 3.01. The maximum Gasteiger partial charge on any atom is 0.194 e. The van der Waals surface area contributed by atoms with E-state index in [0.717, 1.165) is 16.6 Å². The lowest BCUT2D eigenvalue weighted by Crippen LogP contribution is -2.17. The summed E-state index contributed by atoms with van der Waals surface area (Å²) in [6.07, 6.45) is -0.279. The third-order valence-electron chi connectivity index (χ3n) is 2.92. The molecular formula is C15H15N3O. The van der Waals surface area contributed by atoms with E-state index in [2.05, 4.69) is 10.2 Å². The van der Waals surface area contributed by atoms with E-state index in [9.17, 15) is 0 Å². The Hall–Kier alpha value is -2.20. The molecule has 0 N–H and O–H groups in total. The molecule has 0 bridgehead atoms. The normalized spacial score (nSPS) is 12.7. The minimum Gasteiger partial charge on any atom is -0.351 e. The van der Waals surface area contributed by atoms with Crippen molar-refractivity contribution in [1.82, 2.24) is 15.0 Å². The Bertz CT molecular complexity index is 630. The van der Waals surface area contributed by atoms with Crippen molar-refractivity contribution < 1.29 is 4.74 Å². The summed E-state index contributed by atoms with van der Waals surface area (Å²) in [7, 11) is 0. The molecule has 0 radical (unpaired) electrons. The van der Waals surface area contributed by atoms with E-state index in [-0.39, 0.29) is 6.23 Å². The number of hydrogen-bond acceptors (Lipinski definition) is 3. The summed E-state index contributed by atoms with van der Waals surface area (Å²) in [5.41, 5.74) is 2.80. The Labute approximate surface area is 111 Å². The third-order valence-corrected chi connectivity index (χ3v) is 2.92. The molecule has 0 aliphatic carbocycles. The monoisotopic (exact) mass is 253 g/mol. The lowest BCUT2D eigenvalue weighted by Gasteiger charge is -2.16. The summed E-state index contributed by atoms with van der Waals surface area (Å²) in [5.74, 6) is 0. The molecule has 0 amide bonds. The van der Waals surface area contributed by atoms with Crippen molar-refractivity contribution in [1.29, 1.82) is 0 Å². The van der Waals surface area contributed by atoms with Crippen molar-refractivity contribution in [3.63, 3.8) is 0 Å². The zero-order valence-corrected chi connectivity index (χ0v) is 10.7. The summed E-state index contributed by atoms with van der Waals surface area (Å²) in [6.45, 7) is 2.58. The van der Waals surface area contributed by atoms with Gasteiger partial charge in [-0.1, -0.05) is 42.5 Å². The molecule has 1 atom stereocenters. The molecule has 0 fully saturated rings. The van der Waals surface area contributed by atoms with E-state index < -0.39 is 0 Å². The number of benzene rings is 2. The molecule has 2 aromatic carbocycles. The molecule has 4 nitrogen and oxygen atoms in total. The highest BCUT2D eigenvalue weighted by Gasteiger charge is 2.16. The van der Waals surface area contributed by atoms with Gasteiger partial charge in [0.15, 0.2) is 6.23 Å². The first-order valence-electron chi connectivity index (χ1n) is 6.36. The van der Waals surface area contributed by atoms with Crippen LogP contribution in [0.25, 0.3) is 11.0 Å². The Morgan fingerprint density at radius 2 is 1.53 bits per heavy atom. The van der Waals surface area contributed by atoms with Crippen LogP contribution in [-0.2, 0) is 4.74 Å². The Morgan fingerprint density at radius 1 is 0.947 bits per heavy atom. The van der Waals surface area contributed by atoms with Gasteiger partial charge in [-0.2, -0.15) is 10.2 Å². The Morgan fingerprint density at radius 3 is 2.11 bits per heavy atom. The molecule has 19 heavy (non-hydrogen) atoms. The van der Waals surface area contributed by atoms with E-state index in [4.69, 9.17) is 4.74 Å². The quantitative estimate of drug-likeness (QED) is 0.717. The van der Waals surface area contributed by atoms with Crippen LogP contribution in [0.4, 0.5) is 0 Å². The fourth-order valence-electron chi connectivity index (χ4n) is 2.05. The number of aromatic nitrogens is 3. The highest BCUT2D eigenvalue weighted by molar-refractivity contribution is 5.73. The van der Waals surface area contributed by atoms with Crippen LogP contribution in [0, 0.1) is 0 Å². The number of fused-ring (bicyclic) bond motifs is 1. The molecule has 0 aliphatic heterocycles. The maximum absolute atomic E-state index is 5.78. The summed E-state index contributed by atoms with van der Waals surface area (Å²) < 4.78 is 5.78. The molecule has 1 aromatic heterocycles. The second-order valence-electron chi connectivity index (χ2n) is 4.23. The largest absolute Gasteiger partial charge is 0.351 e. The van der Waals surface area contributed by atoms with E-state index >= 15 is 0 Å². The zero-order valence-electron chi connectivity index (χ0n) is 10.7.